The van der Waals surface area contributed by atoms with Gasteiger partial charge in [-0.25, -0.2) is 27.2 Å². The van der Waals surface area contributed by atoms with Gasteiger partial charge in [-0.15, -0.1) is 11.3 Å². The van der Waals surface area contributed by atoms with Crippen LogP contribution in [0.1, 0.15) is 62.8 Å². The summed E-state index contributed by atoms with van der Waals surface area (Å²) >= 11 is 1.53. The molecule has 0 spiro atoms. The fraction of sp³-hybridized carbons (Fsp3) is 0.484. The molecule has 0 bridgehead atoms. The van der Waals surface area contributed by atoms with Gasteiger partial charge in [0.25, 0.3) is 0 Å². The summed E-state index contributed by atoms with van der Waals surface area (Å²) in [6, 6.07) is 4.27. The number of hydrogen-bond donors (Lipinski definition) is 3. The van der Waals surface area contributed by atoms with Crippen LogP contribution in [0.15, 0.2) is 35.4 Å². The Hall–Kier alpha value is -3.29. The number of aromatic nitrogens is 4. The van der Waals surface area contributed by atoms with E-state index in [1.165, 1.54) is 11.3 Å². The van der Waals surface area contributed by atoms with Crippen molar-refractivity contribution >= 4 is 43.2 Å². The first-order chi connectivity index (χ1) is 21.0. The lowest BCUT2D eigenvalue weighted by Gasteiger charge is -2.22. The molecular formula is C31H36F2N6O3S2. The number of anilines is 2. The number of aliphatic hydroxyl groups is 1. The first kappa shape index (κ1) is 30.7. The molecule has 0 radical (unpaired) electrons. The molecule has 2 aliphatic carbocycles. The van der Waals surface area contributed by atoms with Crippen LogP contribution in [-0.4, -0.2) is 57.4 Å². The van der Waals surface area contributed by atoms with Crippen molar-refractivity contribution in [3.8, 4) is 10.6 Å². The quantitative estimate of drug-likeness (QED) is 0.185. The number of rotatable bonds is 10. The first-order valence-corrected chi connectivity index (χ1v) is 17.5. The Labute approximate surface area is 259 Å². The maximum Gasteiger partial charge on any atom is 0.224 e. The second kappa shape index (κ2) is 12.2. The van der Waals surface area contributed by atoms with E-state index in [0.29, 0.717) is 50.1 Å². The highest BCUT2D eigenvalue weighted by atomic mass is 32.2. The summed E-state index contributed by atoms with van der Waals surface area (Å²) in [5.41, 5.74) is 2.52. The van der Waals surface area contributed by atoms with Crippen molar-refractivity contribution in [1.82, 2.24) is 19.9 Å². The fourth-order valence-corrected chi connectivity index (χ4v) is 9.27. The summed E-state index contributed by atoms with van der Waals surface area (Å²) in [6.45, 7) is 4.37. The van der Waals surface area contributed by atoms with E-state index in [9.17, 15) is 22.3 Å². The van der Waals surface area contributed by atoms with Crippen LogP contribution in [0.4, 0.5) is 20.5 Å². The van der Waals surface area contributed by atoms with Crippen molar-refractivity contribution in [3.63, 3.8) is 0 Å². The lowest BCUT2D eigenvalue weighted by Crippen LogP contribution is -2.27. The fourth-order valence-electron chi connectivity index (χ4n) is 6.46. The number of fused-ring (bicyclic) bond motifs is 1. The Balaban J connectivity index is 1.24. The standard InChI is InChI=1S/C31H36F2N6O3S2/c1-18-26(29-38-27-19(2)34-11-7-25(27)43-29)28(39-30(36-18)35-12-10-31(40)8-3-4-9-31)37-23-6-5-20(13-23)17-44(41,42)24-15-21(32)14-22(33)16-24/h7,11,14-16,20,23,40H,3-6,8-10,12-13,17H2,1-2H3,(H2,35,36,37,39). The first-order valence-electron chi connectivity index (χ1n) is 15.0. The number of halogens is 2. The van der Waals surface area contributed by atoms with Crippen LogP contribution in [0.3, 0.4) is 0 Å². The van der Waals surface area contributed by atoms with Gasteiger partial charge in [-0.05, 0) is 76.5 Å². The van der Waals surface area contributed by atoms with Gasteiger partial charge < -0.3 is 15.7 Å². The zero-order valence-electron chi connectivity index (χ0n) is 24.7. The Kier molecular flexibility index (Phi) is 8.55. The van der Waals surface area contributed by atoms with Crippen LogP contribution in [0.25, 0.3) is 20.8 Å². The van der Waals surface area contributed by atoms with Crippen molar-refractivity contribution < 1.29 is 22.3 Å². The van der Waals surface area contributed by atoms with E-state index in [0.717, 1.165) is 70.0 Å². The minimum absolute atomic E-state index is 0.0719. The second-order valence-corrected chi connectivity index (χ2v) is 15.2. The summed E-state index contributed by atoms with van der Waals surface area (Å²) in [5.74, 6) is -1.16. The third-order valence-corrected chi connectivity index (χ3v) is 11.6. The molecule has 6 rings (SSSR count). The molecule has 13 heteroatoms. The van der Waals surface area contributed by atoms with Crippen LogP contribution < -0.4 is 10.6 Å². The molecule has 0 saturated heterocycles. The number of pyridine rings is 1. The lowest BCUT2D eigenvalue weighted by atomic mass is 9.98. The predicted octanol–water partition coefficient (Wildman–Crippen LogP) is 6.20. The topological polar surface area (TPSA) is 130 Å². The molecule has 4 aromatic rings. The molecule has 3 N–H and O–H groups in total. The summed E-state index contributed by atoms with van der Waals surface area (Å²) in [4.78, 5) is 18.5. The van der Waals surface area contributed by atoms with E-state index in [4.69, 9.17) is 15.0 Å². The molecule has 1 aromatic carbocycles. The lowest BCUT2D eigenvalue weighted by molar-refractivity contribution is 0.0424. The van der Waals surface area contributed by atoms with Crippen molar-refractivity contribution in [2.75, 3.05) is 22.9 Å². The maximum atomic E-state index is 13.7. The van der Waals surface area contributed by atoms with Gasteiger partial charge in [-0.3, -0.25) is 4.98 Å². The Morgan fingerprint density at radius 2 is 1.80 bits per heavy atom. The highest BCUT2D eigenvalue weighted by molar-refractivity contribution is 7.91. The monoisotopic (exact) mass is 642 g/mol. The highest BCUT2D eigenvalue weighted by Gasteiger charge is 2.32. The van der Waals surface area contributed by atoms with Gasteiger partial charge in [0.15, 0.2) is 9.84 Å². The van der Waals surface area contributed by atoms with Crippen molar-refractivity contribution in [1.29, 1.82) is 0 Å². The number of benzene rings is 1. The highest BCUT2D eigenvalue weighted by Crippen LogP contribution is 2.39. The third kappa shape index (κ3) is 6.69. The van der Waals surface area contributed by atoms with Gasteiger partial charge in [-0.1, -0.05) is 12.8 Å². The Morgan fingerprint density at radius 3 is 2.52 bits per heavy atom. The van der Waals surface area contributed by atoms with Gasteiger partial charge in [0.1, 0.15) is 28.0 Å². The van der Waals surface area contributed by atoms with Crippen LogP contribution in [0.5, 0.6) is 0 Å². The number of hydrogen-bond acceptors (Lipinski definition) is 10. The molecule has 234 valence electrons. The third-order valence-electron chi connectivity index (χ3n) is 8.73. The smallest absolute Gasteiger partial charge is 0.224 e. The molecule has 2 saturated carbocycles. The van der Waals surface area contributed by atoms with E-state index in [1.54, 1.807) is 6.20 Å². The van der Waals surface area contributed by atoms with Gasteiger partial charge in [-0.2, -0.15) is 4.98 Å². The average molecular weight is 643 g/mol. The molecule has 3 heterocycles. The number of sulfone groups is 1. The van der Waals surface area contributed by atoms with E-state index in [1.807, 2.05) is 19.9 Å². The van der Waals surface area contributed by atoms with Crippen LogP contribution >= 0.6 is 11.3 Å². The van der Waals surface area contributed by atoms with E-state index in [2.05, 4.69) is 15.6 Å². The minimum atomic E-state index is -3.87. The molecule has 9 nitrogen and oxygen atoms in total. The van der Waals surface area contributed by atoms with E-state index >= 15 is 0 Å². The van der Waals surface area contributed by atoms with Crippen LogP contribution in [0.2, 0.25) is 0 Å². The predicted molar refractivity (Wildman–Crippen MR) is 168 cm³/mol. The molecule has 2 fully saturated rings. The summed E-state index contributed by atoms with van der Waals surface area (Å²) in [5, 5.41) is 18.4. The zero-order valence-corrected chi connectivity index (χ0v) is 26.4. The molecule has 2 aliphatic rings. The largest absolute Gasteiger partial charge is 0.390 e. The Bertz CT molecular complexity index is 1770. The minimum Gasteiger partial charge on any atom is -0.390 e. The van der Waals surface area contributed by atoms with Crippen molar-refractivity contribution in [2.24, 2.45) is 5.92 Å². The molecule has 0 amide bonds. The second-order valence-electron chi connectivity index (χ2n) is 12.1. The molecule has 0 aliphatic heterocycles. The van der Waals surface area contributed by atoms with Crippen molar-refractivity contribution in [3.05, 3.63) is 53.5 Å². The van der Waals surface area contributed by atoms with Gasteiger partial charge in [0.2, 0.25) is 5.95 Å². The van der Waals surface area contributed by atoms with Crippen LogP contribution in [-0.2, 0) is 9.84 Å². The van der Waals surface area contributed by atoms with E-state index < -0.39 is 27.1 Å². The number of thiazole rings is 1. The average Bonchev–Trinajstić information content (AvgIpc) is 3.69. The summed E-state index contributed by atoms with van der Waals surface area (Å²) in [6.07, 6.45) is 7.96. The molecule has 44 heavy (non-hydrogen) atoms. The van der Waals surface area contributed by atoms with Gasteiger partial charge in [0, 0.05) is 24.8 Å². The molecule has 3 aromatic heterocycles. The van der Waals surface area contributed by atoms with E-state index in [-0.39, 0.29) is 22.6 Å². The van der Waals surface area contributed by atoms with Crippen molar-refractivity contribution in [2.45, 2.75) is 81.8 Å². The van der Waals surface area contributed by atoms with Gasteiger partial charge >= 0.3 is 0 Å². The SMILES string of the molecule is Cc1nc(NCCC2(O)CCCC2)nc(NC2CCC(CS(=O)(=O)c3cc(F)cc(F)c3)C2)c1-c1nc2c(C)nccc2s1. The molecule has 2 unspecified atom stereocenters. The van der Waals surface area contributed by atoms with Gasteiger partial charge in [0.05, 0.1) is 37.9 Å². The molecule has 2 atom stereocenters. The summed E-state index contributed by atoms with van der Waals surface area (Å²) in [7, 11) is -3.87. The zero-order chi connectivity index (χ0) is 31.1. The Morgan fingerprint density at radius 1 is 1.05 bits per heavy atom. The number of nitrogens with one attached hydrogen (secondary N) is 2. The number of aryl methyl sites for hydroxylation is 2. The molecular weight excluding hydrogens is 607 g/mol. The van der Waals surface area contributed by atoms with Crippen LogP contribution in [0, 0.1) is 31.4 Å². The number of nitrogens with zero attached hydrogens (tertiary/aromatic N) is 4. The maximum absolute atomic E-state index is 13.7. The normalized spacial score (nSPS) is 19.9. The summed E-state index contributed by atoms with van der Waals surface area (Å²) < 4.78 is 54.5.